The molecule has 1 nitrogen and oxygen atoms in total. The van der Waals surface area contributed by atoms with Crippen LogP contribution in [0.2, 0.25) is 0 Å². The van der Waals surface area contributed by atoms with Crippen molar-refractivity contribution in [3.05, 3.63) is 95.1 Å². The molecule has 3 heteroatoms. The zero-order valence-corrected chi connectivity index (χ0v) is 18.2. The van der Waals surface area contributed by atoms with E-state index in [9.17, 15) is 8.78 Å². The normalized spacial score (nSPS) is 23.2. The Morgan fingerprint density at radius 1 is 0.903 bits per heavy atom. The first-order chi connectivity index (χ1) is 15.2. The number of hydrogen-bond donors (Lipinski definition) is 0. The molecular formula is C28H32F2O. The Morgan fingerprint density at radius 2 is 1.65 bits per heavy atom. The fraction of sp³-hybridized carbons (Fsp3) is 0.429. The molecule has 0 aromatic heterocycles. The number of halogens is 2. The van der Waals surface area contributed by atoms with Crippen molar-refractivity contribution in [2.45, 2.75) is 63.4 Å². The fourth-order valence-corrected chi connectivity index (χ4v) is 4.67. The van der Waals surface area contributed by atoms with Crippen molar-refractivity contribution >= 4 is 0 Å². The molecule has 0 amide bonds. The Balaban J connectivity index is 1.22. The second kappa shape index (κ2) is 10.4. The van der Waals surface area contributed by atoms with Crippen LogP contribution in [0.5, 0.6) is 0 Å². The summed E-state index contributed by atoms with van der Waals surface area (Å²) in [7, 11) is 0. The van der Waals surface area contributed by atoms with E-state index in [2.05, 4.69) is 43.0 Å². The van der Waals surface area contributed by atoms with Gasteiger partial charge in [-0.15, -0.1) is 6.58 Å². The SMILES string of the molecule is C=CCCc1ccc(C2CCC(/C=C/CCc3ccc(C4CO4)c(F)c3F)CC2)cc1. The van der Waals surface area contributed by atoms with Crippen molar-refractivity contribution in [1.82, 2.24) is 0 Å². The summed E-state index contributed by atoms with van der Waals surface area (Å²) in [5, 5.41) is 0. The van der Waals surface area contributed by atoms with Crippen LogP contribution in [0.1, 0.15) is 72.8 Å². The van der Waals surface area contributed by atoms with Crippen molar-refractivity contribution in [3.8, 4) is 0 Å². The van der Waals surface area contributed by atoms with E-state index in [1.54, 1.807) is 12.1 Å². The van der Waals surface area contributed by atoms with Gasteiger partial charge < -0.3 is 4.74 Å². The molecule has 1 atom stereocenters. The van der Waals surface area contributed by atoms with Crippen molar-refractivity contribution in [1.29, 1.82) is 0 Å². The number of benzene rings is 2. The first kappa shape index (κ1) is 22.0. The third kappa shape index (κ3) is 5.71. The highest BCUT2D eigenvalue weighted by Crippen LogP contribution is 2.37. The zero-order valence-electron chi connectivity index (χ0n) is 18.2. The van der Waals surface area contributed by atoms with Gasteiger partial charge in [-0.3, -0.25) is 0 Å². The van der Waals surface area contributed by atoms with Gasteiger partial charge in [-0.05, 0) is 79.9 Å². The molecule has 31 heavy (non-hydrogen) atoms. The fourth-order valence-electron chi connectivity index (χ4n) is 4.67. The van der Waals surface area contributed by atoms with E-state index in [1.165, 1.54) is 36.8 Å². The number of hydrogen-bond acceptors (Lipinski definition) is 1. The van der Waals surface area contributed by atoms with Gasteiger partial charge >= 0.3 is 0 Å². The topological polar surface area (TPSA) is 12.5 Å². The summed E-state index contributed by atoms with van der Waals surface area (Å²) in [5.74, 6) is -0.198. The van der Waals surface area contributed by atoms with Crippen LogP contribution in [0.15, 0.2) is 61.2 Å². The van der Waals surface area contributed by atoms with Gasteiger partial charge in [0.05, 0.1) is 6.61 Å². The van der Waals surface area contributed by atoms with Crippen molar-refractivity contribution in [3.63, 3.8) is 0 Å². The van der Waals surface area contributed by atoms with Gasteiger partial charge in [0.2, 0.25) is 0 Å². The minimum absolute atomic E-state index is 0.256. The van der Waals surface area contributed by atoms with E-state index >= 15 is 0 Å². The van der Waals surface area contributed by atoms with Crippen molar-refractivity contribution in [2.75, 3.05) is 6.61 Å². The molecular weight excluding hydrogens is 390 g/mol. The number of allylic oxidation sites excluding steroid dienone is 3. The quantitative estimate of drug-likeness (QED) is 0.299. The minimum atomic E-state index is -0.740. The number of epoxide rings is 1. The monoisotopic (exact) mass is 422 g/mol. The molecule has 0 N–H and O–H groups in total. The Kier molecular flexibility index (Phi) is 7.34. The third-order valence-electron chi connectivity index (χ3n) is 6.72. The molecule has 0 bridgehead atoms. The molecule has 1 saturated carbocycles. The summed E-state index contributed by atoms with van der Waals surface area (Å²) in [6.07, 6.45) is 14.3. The van der Waals surface area contributed by atoms with E-state index in [0.717, 1.165) is 19.3 Å². The lowest BCUT2D eigenvalue weighted by molar-refractivity contribution is 0.375. The first-order valence-corrected chi connectivity index (χ1v) is 11.6. The van der Waals surface area contributed by atoms with Crippen LogP contribution in [-0.4, -0.2) is 6.61 Å². The van der Waals surface area contributed by atoms with Gasteiger partial charge in [0.1, 0.15) is 6.10 Å². The van der Waals surface area contributed by atoms with E-state index in [-0.39, 0.29) is 6.10 Å². The van der Waals surface area contributed by atoms with Crippen LogP contribution >= 0.6 is 0 Å². The summed E-state index contributed by atoms with van der Waals surface area (Å²) in [6, 6.07) is 12.5. The molecule has 1 saturated heterocycles. The minimum Gasteiger partial charge on any atom is -0.368 e. The highest BCUT2D eigenvalue weighted by molar-refractivity contribution is 5.30. The molecule has 1 aliphatic carbocycles. The molecule has 0 radical (unpaired) electrons. The summed E-state index contributed by atoms with van der Waals surface area (Å²) in [5.41, 5.74) is 3.64. The highest BCUT2D eigenvalue weighted by Gasteiger charge is 2.29. The van der Waals surface area contributed by atoms with Crippen LogP contribution in [0, 0.1) is 17.6 Å². The number of rotatable bonds is 9. The van der Waals surface area contributed by atoms with Crippen LogP contribution in [-0.2, 0) is 17.6 Å². The Morgan fingerprint density at radius 3 is 2.32 bits per heavy atom. The van der Waals surface area contributed by atoms with E-state index in [0.29, 0.717) is 36.0 Å². The van der Waals surface area contributed by atoms with E-state index in [4.69, 9.17) is 4.74 Å². The maximum atomic E-state index is 14.3. The van der Waals surface area contributed by atoms with Crippen LogP contribution in [0.25, 0.3) is 0 Å². The zero-order chi connectivity index (χ0) is 21.6. The standard InChI is InChI=1S/C28H32F2O/c1-2-3-6-20-9-13-22(14-10-20)23-15-11-21(12-16-23)7-4-5-8-24-17-18-25(26-19-31-26)28(30)27(24)29/h2,4,7,9-10,13-14,17-18,21,23,26H,1,3,5-6,8,11-12,15-16,19H2/b7-4+. The largest absolute Gasteiger partial charge is 0.368 e. The Labute approximate surface area is 184 Å². The predicted molar refractivity (Wildman–Crippen MR) is 122 cm³/mol. The second-order valence-electron chi connectivity index (χ2n) is 8.91. The highest BCUT2D eigenvalue weighted by atomic mass is 19.2. The molecule has 2 aliphatic rings. The van der Waals surface area contributed by atoms with Crippen molar-refractivity contribution < 1.29 is 13.5 Å². The van der Waals surface area contributed by atoms with Gasteiger partial charge in [-0.2, -0.15) is 0 Å². The second-order valence-corrected chi connectivity index (χ2v) is 8.91. The molecule has 2 aromatic carbocycles. The lowest BCUT2D eigenvalue weighted by Gasteiger charge is -2.27. The molecule has 1 aliphatic heterocycles. The summed E-state index contributed by atoms with van der Waals surface area (Å²) in [6.45, 7) is 4.28. The van der Waals surface area contributed by atoms with Crippen LogP contribution < -0.4 is 0 Å². The third-order valence-corrected chi connectivity index (χ3v) is 6.72. The predicted octanol–water partition coefficient (Wildman–Crippen LogP) is 7.62. The van der Waals surface area contributed by atoms with Crippen molar-refractivity contribution in [2.24, 2.45) is 5.92 Å². The molecule has 2 aromatic rings. The molecule has 1 heterocycles. The Hall–Kier alpha value is -2.26. The number of ether oxygens (including phenoxy) is 1. The van der Waals surface area contributed by atoms with Gasteiger partial charge in [0.25, 0.3) is 0 Å². The molecule has 4 rings (SSSR count). The first-order valence-electron chi connectivity index (χ1n) is 11.6. The molecule has 164 valence electrons. The average Bonchev–Trinajstić information content (AvgIpc) is 3.64. The van der Waals surface area contributed by atoms with Crippen LogP contribution in [0.4, 0.5) is 8.78 Å². The van der Waals surface area contributed by atoms with Crippen LogP contribution in [0.3, 0.4) is 0 Å². The maximum Gasteiger partial charge on any atom is 0.164 e. The Bertz CT molecular complexity index is 903. The van der Waals surface area contributed by atoms with E-state index < -0.39 is 11.6 Å². The smallest absolute Gasteiger partial charge is 0.164 e. The van der Waals surface area contributed by atoms with Gasteiger partial charge in [-0.25, -0.2) is 8.78 Å². The van der Waals surface area contributed by atoms with Gasteiger partial charge in [0.15, 0.2) is 11.6 Å². The molecule has 0 spiro atoms. The molecule has 2 fully saturated rings. The number of aryl methyl sites for hydroxylation is 2. The molecule has 1 unspecified atom stereocenters. The lowest BCUT2D eigenvalue weighted by Crippen LogP contribution is -2.11. The summed E-state index contributed by atoms with van der Waals surface area (Å²) in [4.78, 5) is 0. The van der Waals surface area contributed by atoms with Gasteiger partial charge in [-0.1, -0.05) is 54.6 Å². The summed E-state index contributed by atoms with van der Waals surface area (Å²) >= 11 is 0. The van der Waals surface area contributed by atoms with Gasteiger partial charge in [0, 0.05) is 5.56 Å². The summed E-state index contributed by atoms with van der Waals surface area (Å²) < 4.78 is 33.5. The lowest BCUT2D eigenvalue weighted by atomic mass is 9.78. The van der Waals surface area contributed by atoms with E-state index in [1.807, 2.05) is 6.08 Å². The maximum absolute atomic E-state index is 14.3. The average molecular weight is 423 g/mol.